The summed E-state index contributed by atoms with van der Waals surface area (Å²) < 4.78 is 16.5. The second-order valence-corrected chi connectivity index (χ2v) is 10.4. The molecular formula is C32H30ClN3O4. The molecule has 4 aromatic rings. The second kappa shape index (κ2) is 11.6. The van der Waals surface area contributed by atoms with Crippen LogP contribution in [-0.2, 0) is 15.9 Å². The number of benzene rings is 3. The number of aromatic nitrogens is 1. The minimum absolute atomic E-state index is 0.0247. The summed E-state index contributed by atoms with van der Waals surface area (Å²) in [5.41, 5.74) is 4.20. The van der Waals surface area contributed by atoms with Crippen molar-refractivity contribution >= 4 is 28.4 Å². The molecule has 3 heterocycles. The summed E-state index contributed by atoms with van der Waals surface area (Å²) in [4.78, 5) is 23.1. The van der Waals surface area contributed by atoms with E-state index in [4.69, 9.17) is 30.8 Å². The number of hydrogen-bond acceptors (Lipinski definition) is 6. The number of halogens is 1. The van der Waals surface area contributed by atoms with Gasteiger partial charge in [-0.25, -0.2) is 4.98 Å². The fourth-order valence-corrected chi connectivity index (χ4v) is 5.54. The first-order chi connectivity index (χ1) is 19.6. The molecule has 6 rings (SSSR count). The highest BCUT2D eigenvalue weighted by molar-refractivity contribution is 6.31. The molecule has 2 aliphatic heterocycles. The Bertz CT molecular complexity index is 1530. The van der Waals surface area contributed by atoms with Crippen LogP contribution in [0.3, 0.4) is 0 Å². The predicted octanol–water partition coefficient (Wildman–Crippen LogP) is 5.78. The molecule has 204 valence electrons. The molecule has 0 aliphatic carbocycles. The summed E-state index contributed by atoms with van der Waals surface area (Å²) in [6.45, 7) is 2.88. The van der Waals surface area contributed by atoms with Gasteiger partial charge in [-0.05, 0) is 60.5 Å². The quantitative estimate of drug-likeness (QED) is 0.288. The molecule has 1 atom stereocenters. The van der Waals surface area contributed by atoms with Gasteiger partial charge in [-0.3, -0.25) is 9.69 Å². The van der Waals surface area contributed by atoms with Crippen LogP contribution >= 0.6 is 11.6 Å². The summed E-state index contributed by atoms with van der Waals surface area (Å²) in [6, 6.07) is 25.5. The van der Waals surface area contributed by atoms with E-state index in [1.54, 1.807) is 19.4 Å². The summed E-state index contributed by atoms with van der Waals surface area (Å²) in [7, 11) is 1.64. The van der Waals surface area contributed by atoms with Crippen molar-refractivity contribution in [1.29, 1.82) is 0 Å². The number of ether oxygens (including phenoxy) is 3. The van der Waals surface area contributed by atoms with E-state index in [2.05, 4.69) is 29.2 Å². The van der Waals surface area contributed by atoms with Crippen LogP contribution in [0.1, 0.15) is 15.9 Å². The number of carbonyl (C=O) groups is 1. The van der Waals surface area contributed by atoms with Gasteiger partial charge in [0.2, 0.25) is 6.79 Å². The number of pyridine rings is 1. The number of methoxy groups -OCH3 is 1. The van der Waals surface area contributed by atoms with Crippen LogP contribution in [-0.4, -0.2) is 66.8 Å². The lowest BCUT2D eigenvalue weighted by molar-refractivity contribution is 0.0408. The number of piperazine rings is 1. The molecule has 1 saturated heterocycles. The Morgan fingerprint density at radius 2 is 1.77 bits per heavy atom. The molecule has 1 fully saturated rings. The highest BCUT2D eigenvalue weighted by Gasteiger charge is 2.32. The van der Waals surface area contributed by atoms with Crippen LogP contribution in [0.25, 0.3) is 22.2 Å². The van der Waals surface area contributed by atoms with Gasteiger partial charge in [0.15, 0.2) is 5.76 Å². The molecule has 8 heteroatoms. The van der Waals surface area contributed by atoms with Crippen LogP contribution < -0.4 is 4.74 Å². The highest BCUT2D eigenvalue weighted by atomic mass is 35.5. The first-order valence-electron chi connectivity index (χ1n) is 13.4. The summed E-state index contributed by atoms with van der Waals surface area (Å²) in [5.74, 6) is 1.58. The smallest absolute Gasteiger partial charge is 0.254 e. The van der Waals surface area contributed by atoms with E-state index in [0.29, 0.717) is 23.7 Å². The molecule has 3 aromatic carbocycles. The number of carbonyl (C=O) groups excluding carboxylic acids is 1. The molecule has 2 aliphatic rings. The number of rotatable bonds is 7. The largest absolute Gasteiger partial charge is 0.497 e. The molecule has 0 radical (unpaired) electrons. The van der Waals surface area contributed by atoms with Gasteiger partial charge in [0.1, 0.15) is 12.0 Å². The monoisotopic (exact) mass is 555 g/mol. The fraction of sp³-hybridized carbons (Fsp3) is 0.250. The van der Waals surface area contributed by atoms with Crippen molar-refractivity contribution in [2.45, 2.75) is 12.5 Å². The Labute approximate surface area is 238 Å². The maximum atomic E-state index is 14.0. The molecule has 0 spiro atoms. The van der Waals surface area contributed by atoms with Crippen molar-refractivity contribution < 1.29 is 19.0 Å². The van der Waals surface area contributed by atoms with E-state index in [9.17, 15) is 4.79 Å². The molecule has 0 N–H and O–H groups in total. The number of fused-ring (bicyclic) bond motifs is 1. The average molecular weight is 556 g/mol. The molecule has 0 bridgehead atoms. The van der Waals surface area contributed by atoms with Gasteiger partial charge in [0.25, 0.3) is 5.91 Å². The highest BCUT2D eigenvalue weighted by Crippen LogP contribution is 2.30. The van der Waals surface area contributed by atoms with Crippen LogP contribution in [0.15, 0.2) is 90.9 Å². The van der Waals surface area contributed by atoms with Crippen LogP contribution in [0, 0.1) is 0 Å². The zero-order chi connectivity index (χ0) is 27.5. The molecule has 7 nitrogen and oxygen atoms in total. The van der Waals surface area contributed by atoms with Gasteiger partial charge >= 0.3 is 0 Å². The minimum atomic E-state index is -0.0247. The molecule has 1 amide bonds. The third kappa shape index (κ3) is 5.48. The number of amides is 1. The van der Waals surface area contributed by atoms with Gasteiger partial charge < -0.3 is 19.1 Å². The molecular weight excluding hydrogens is 526 g/mol. The molecule has 1 aromatic heterocycles. The zero-order valence-corrected chi connectivity index (χ0v) is 23.0. The van der Waals surface area contributed by atoms with Gasteiger partial charge in [0.05, 0.1) is 29.9 Å². The Morgan fingerprint density at radius 3 is 2.48 bits per heavy atom. The Kier molecular flexibility index (Phi) is 7.58. The van der Waals surface area contributed by atoms with Crippen LogP contribution in [0.4, 0.5) is 0 Å². The lowest BCUT2D eigenvalue weighted by Crippen LogP contribution is -2.53. The summed E-state index contributed by atoms with van der Waals surface area (Å²) >= 11 is 6.35. The Hall–Kier alpha value is -4.07. The summed E-state index contributed by atoms with van der Waals surface area (Å²) in [6.07, 6.45) is 2.53. The standard InChI is InChI=1S/C32H30ClN3O4/c1-38-25-10-7-23(8-11-25)29-19-27(26-18-24(33)9-12-28(26)34-29)32(37)36-15-13-35(14-16-36)30(31-20-39-21-40-31)17-22-5-3-2-4-6-22/h2-12,18-20,30H,13-17,21H2,1H3. The second-order valence-electron chi connectivity index (χ2n) is 9.93. The zero-order valence-electron chi connectivity index (χ0n) is 22.3. The van der Waals surface area contributed by atoms with E-state index in [1.807, 2.05) is 53.4 Å². The Balaban J connectivity index is 1.25. The lowest BCUT2D eigenvalue weighted by Gasteiger charge is -2.39. The van der Waals surface area contributed by atoms with E-state index in [0.717, 1.165) is 53.2 Å². The molecule has 40 heavy (non-hydrogen) atoms. The molecule has 1 unspecified atom stereocenters. The van der Waals surface area contributed by atoms with E-state index in [1.165, 1.54) is 5.56 Å². The third-order valence-corrected chi connectivity index (χ3v) is 7.76. The first kappa shape index (κ1) is 26.2. The van der Waals surface area contributed by atoms with Gasteiger partial charge in [-0.1, -0.05) is 41.9 Å². The molecule has 0 saturated carbocycles. The van der Waals surface area contributed by atoms with Crippen LogP contribution in [0.2, 0.25) is 5.02 Å². The van der Waals surface area contributed by atoms with E-state index >= 15 is 0 Å². The maximum Gasteiger partial charge on any atom is 0.254 e. The average Bonchev–Trinajstić information content (AvgIpc) is 3.55. The van der Waals surface area contributed by atoms with Crippen molar-refractivity contribution in [2.24, 2.45) is 0 Å². The van der Waals surface area contributed by atoms with Gasteiger partial charge in [-0.15, -0.1) is 0 Å². The predicted molar refractivity (Wildman–Crippen MR) is 155 cm³/mol. The minimum Gasteiger partial charge on any atom is -0.497 e. The lowest BCUT2D eigenvalue weighted by atomic mass is 10.0. The maximum absolute atomic E-state index is 14.0. The topological polar surface area (TPSA) is 64.1 Å². The normalized spacial score (nSPS) is 16.2. The van der Waals surface area contributed by atoms with Gasteiger partial charge in [0, 0.05) is 42.2 Å². The van der Waals surface area contributed by atoms with Crippen molar-refractivity contribution in [1.82, 2.24) is 14.8 Å². The number of nitrogens with zero attached hydrogens (tertiary/aromatic N) is 3. The van der Waals surface area contributed by atoms with Crippen molar-refractivity contribution in [2.75, 3.05) is 40.1 Å². The Morgan fingerprint density at radius 1 is 1.00 bits per heavy atom. The fourth-order valence-electron chi connectivity index (χ4n) is 5.37. The van der Waals surface area contributed by atoms with Crippen molar-refractivity contribution in [3.05, 3.63) is 107 Å². The first-order valence-corrected chi connectivity index (χ1v) is 13.7. The van der Waals surface area contributed by atoms with E-state index in [-0.39, 0.29) is 18.7 Å². The third-order valence-electron chi connectivity index (χ3n) is 7.52. The number of hydrogen-bond donors (Lipinski definition) is 0. The van der Waals surface area contributed by atoms with Gasteiger partial charge in [-0.2, -0.15) is 0 Å². The van der Waals surface area contributed by atoms with Crippen molar-refractivity contribution in [3.8, 4) is 17.0 Å². The van der Waals surface area contributed by atoms with E-state index < -0.39 is 0 Å². The summed E-state index contributed by atoms with van der Waals surface area (Å²) in [5, 5.41) is 1.32. The SMILES string of the molecule is COc1ccc(-c2cc(C(=O)N3CCN(C(Cc4ccccc4)C4=COCO4)CC3)c3cc(Cl)ccc3n2)cc1. The van der Waals surface area contributed by atoms with Crippen LogP contribution in [0.5, 0.6) is 5.75 Å². The van der Waals surface area contributed by atoms with Crippen molar-refractivity contribution in [3.63, 3.8) is 0 Å².